The Morgan fingerprint density at radius 2 is 1.82 bits per heavy atom. The molecule has 1 fully saturated rings. The fourth-order valence-electron chi connectivity index (χ4n) is 6.38. The Balaban J connectivity index is 1.26. The average molecular weight is 458 g/mol. The van der Waals surface area contributed by atoms with Gasteiger partial charge in [-0.05, 0) is 43.1 Å². The third-order valence-corrected chi connectivity index (χ3v) is 7.89. The maximum atomic E-state index is 13.4. The van der Waals surface area contributed by atoms with Crippen LogP contribution < -0.4 is 10.9 Å². The molecule has 4 heterocycles. The number of nitrogens with zero attached hydrogens (tertiary/aromatic N) is 4. The van der Waals surface area contributed by atoms with Gasteiger partial charge in [-0.1, -0.05) is 24.3 Å². The van der Waals surface area contributed by atoms with Crippen LogP contribution in [0.2, 0.25) is 0 Å². The molecule has 0 saturated carbocycles. The summed E-state index contributed by atoms with van der Waals surface area (Å²) in [4.78, 5) is 36.8. The zero-order valence-electron chi connectivity index (χ0n) is 19.0. The van der Waals surface area contributed by atoms with Gasteiger partial charge in [-0.3, -0.25) is 14.5 Å². The number of pyridine rings is 1. The van der Waals surface area contributed by atoms with Crippen molar-refractivity contribution in [2.75, 3.05) is 13.7 Å². The molecule has 6 rings (SSSR count). The quantitative estimate of drug-likeness (QED) is 0.610. The molecule has 8 nitrogen and oxygen atoms in total. The van der Waals surface area contributed by atoms with Gasteiger partial charge < -0.3 is 15.0 Å². The first-order chi connectivity index (χ1) is 16.6. The summed E-state index contributed by atoms with van der Waals surface area (Å²) in [6.45, 7) is 0.380. The zero-order chi connectivity index (χ0) is 23.4. The highest BCUT2D eigenvalue weighted by molar-refractivity contribution is 5.83. The van der Waals surface area contributed by atoms with E-state index >= 15 is 0 Å². The van der Waals surface area contributed by atoms with Gasteiger partial charge >= 0.3 is 0 Å². The molecule has 0 bridgehead atoms. The number of amides is 1. The number of carbonyl (C=O) groups excluding carboxylic acids is 1. The highest BCUT2D eigenvalue weighted by atomic mass is 16.3. The SMILES string of the molecule is CN1[C@@H]2c3ccc(-c4cncnc4)c(=O)n3C[C@@H]2[C@@H](CO)[C@@H]1C(=O)NC1Cc2ccccc2C1. The van der Waals surface area contributed by atoms with Crippen LogP contribution in [-0.4, -0.2) is 56.2 Å². The zero-order valence-corrected chi connectivity index (χ0v) is 19.0. The molecule has 8 heteroatoms. The van der Waals surface area contributed by atoms with Crippen LogP contribution in [-0.2, 0) is 24.2 Å². The van der Waals surface area contributed by atoms with E-state index in [0.717, 1.165) is 18.5 Å². The van der Waals surface area contributed by atoms with Crippen LogP contribution >= 0.6 is 0 Å². The van der Waals surface area contributed by atoms with Crippen molar-refractivity contribution in [3.63, 3.8) is 0 Å². The van der Waals surface area contributed by atoms with Gasteiger partial charge in [0.15, 0.2) is 0 Å². The van der Waals surface area contributed by atoms with Crippen molar-refractivity contribution in [1.82, 2.24) is 24.8 Å². The second kappa shape index (κ2) is 8.14. The molecule has 0 spiro atoms. The number of likely N-dealkylation sites (N-methyl/N-ethyl adjacent to an activating group) is 1. The van der Waals surface area contributed by atoms with Gasteiger partial charge in [0.05, 0.1) is 17.6 Å². The van der Waals surface area contributed by atoms with E-state index in [2.05, 4.69) is 27.4 Å². The first-order valence-corrected chi connectivity index (χ1v) is 11.8. The van der Waals surface area contributed by atoms with Gasteiger partial charge in [-0.25, -0.2) is 9.97 Å². The van der Waals surface area contributed by atoms with Crippen LogP contribution in [0.4, 0.5) is 0 Å². The first-order valence-electron chi connectivity index (χ1n) is 11.8. The van der Waals surface area contributed by atoms with Crippen LogP contribution in [0, 0.1) is 11.8 Å². The van der Waals surface area contributed by atoms with Gasteiger partial charge in [0.1, 0.15) is 6.33 Å². The predicted octanol–water partition coefficient (Wildman–Crippen LogP) is 1.18. The lowest BCUT2D eigenvalue weighted by atomic mass is 9.88. The summed E-state index contributed by atoms with van der Waals surface area (Å²) in [7, 11) is 1.93. The number of likely N-dealkylation sites (tertiary alicyclic amines) is 1. The lowest BCUT2D eigenvalue weighted by Gasteiger charge is -2.28. The molecule has 0 unspecified atom stereocenters. The molecule has 0 radical (unpaired) electrons. The highest BCUT2D eigenvalue weighted by Crippen LogP contribution is 2.48. The van der Waals surface area contributed by atoms with Crippen molar-refractivity contribution >= 4 is 5.91 Å². The maximum absolute atomic E-state index is 13.4. The minimum atomic E-state index is -0.435. The van der Waals surface area contributed by atoms with Crippen LogP contribution in [0.5, 0.6) is 0 Å². The third-order valence-electron chi connectivity index (χ3n) is 7.89. The molecular formula is C26H27N5O3. The van der Waals surface area contributed by atoms with E-state index in [4.69, 9.17) is 0 Å². The van der Waals surface area contributed by atoms with E-state index in [1.54, 1.807) is 17.0 Å². The van der Waals surface area contributed by atoms with Crippen molar-refractivity contribution < 1.29 is 9.90 Å². The van der Waals surface area contributed by atoms with Crippen molar-refractivity contribution in [2.45, 2.75) is 37.5 Å². The predicted molar refractivity (Wildman–Crippen MR) is 126 cm³/mol. The number of rotatable bonds is 4. The fourth-order valence-corrected chi connectivity index (χ4v) is 6.38. The number of hydrogen-bond acceptors (Lipinski definition) is 6. The van der Waals surface area contributed by atoms with Crippen molar-refractivity contribution in [3.8, 4) is 11.1 Å². The summed E-state index contributed by atoms with van der Waals surface area (Å²) >= 11 is 0. The summed E-state index contributed by atoms with van der Waals surface area (Å²) < 4.78 is 1.79. The van der Waals surface area contributed by atoms with E-state index in [-0.39, 0.29) is 42.0 Å². The van der Waals surface area contributed by atoms with E-state index in [1.807, 2.05) is 36.2 Å². The number of aliphatic hydroxyl groups excluding tert-OH is 1. The van der Waals surface area contributed by atoms with Gasteiger partial charge in [0.2, 0.25) is 5.91 Å². The van der Waals surface area contributed by atoms with Crippen molar-refractivity contribution in [2.24, 2.45) is 11.8 Å². The Morgan fingerprint density at radius 1 is 1.12 bits per heavy atom. The van der Waals surface area contributed by atoms with Crippen LogP contribution in [0.1, 0.15) is 22.9 Å². The summed E-state index contributed by atoms with van der Waals surface area (Å²) in [6.07, 6.45) is 6.38. The number of aromatic nitrogens is 3. The molecule has 2 aliphatic heterocycles. The van der Waals surface area contributed by atoms with E-state index in [1.165, 1.54) is 17.5 Å². The van der Waals surface area contributed by atoms with E-state index < -0.39 is 6.04 Å². The Hall–Kier alpha value is -3.36. The smallest absolute Gasteiger partial charge is 0.258 e. The fraction of sp³-hybridized carbons (Fsp3) is 0.385. The molecule has 1 saturated heterocycles. The van der Waals surface area contributed by atoms with Crippen LogP contribution in [0.15, 0.2) is 59.9 Å². The lowest BCUT2D eigenvalue weighted by molar-refractivity contribution is -0.127. The highest BCUT2D eigenvalue weighted by Gasteiger charge is 2.54. The van der Waals surface area contributed by atoms with Crippen LogP contribution in [0.25, 0.3) is 11.1 Å². The Labute approximate surface area is 197 Å². The van der Waals surface area contributed by atoms with Crippen LogP contribution in [0.3, 0.4) is 0 Å². The summed E-state index contributed by atoms with van der Waals surface area (Å²) in [6, 6.07) is 11.6. The molecule has 1 aromatic carbocycles. The summed E-state index contributed by atoms with van der Waals surface area (Å²) in [5, 5.41) is 13.6. The molecule has 3 aliphatic rings. The van der Waals surface area contributed by atoms with E-state index in [9.17, 15) is 14.7 Å². The summed E-state index contributed by atoms with van der Waals surface area (Å²) in [5.74, 6) is -0.302. The normalized spacial score (nSPS) is 25.7. The molecule has 34 heavy (non-hydrogen) atoms. The number of benzene rings is 1. The van der Waals surface area contributed by atoms with Gasteiger partial charge in [-0.2, -0.15) is 0 Å². The lowest BCUT2D eigenvalue weighted by Crippen LogP contribution is -2.50. The molecule has 2 N–H and O–H groups in total. The monoisotopic (exact) mass is 457 g/mol. The Bertz CT molecular complexity index is 1280. The molecule has 4 atom stereocenters. The van der Waals surface area contributed by atoms with Gasteiger partial charge in [0.25, 0.3) is 5.56 Å². The Morgan fingerprint density at radius 3 is 2.50 bits per heavy atom. The largest absolute Gasteiger partial charge is 0.396 e. The number of fused-ring (bicyclic) bond motifs is 4. The number of carbonyl (C=O) groups is 1. The first kappa shape index (κ1) is 21.2. The maximum Gasteiger partial charge on any atom is 0.258 e. The minimum absolute atomic E-state index is 0.0125. The Kier molecular flexibility index (Phi) is 5.08. The third kappa shape index (κ3) is 3.20. The minimum Gasteiger partial charge on any atom is -0.396 e. The van der Waals surface area contributed by atoms with Gasteiger partial charge in [-0.15, -0.1) is 0 Å². The molecule has 1 aliphatic carbocycles. The van der Waals surface area contributed by atoms with Crippen molar-refractivity contribution in [1.29, 1.82) is 0 Å². The molecule has 174 valence electrons. The topological polar surface area (TPSA) is 100 Å². The standard InChI is InChI=1S/C26H27N5O3/c1-30-23-20(12-31-22(23)7-6-19(26(31)34)17-10-27-14-28-11-17)21(13-32)24(30)25(33)29-18-8-15-4-2-3-5-16(15)9-18/h2-7,10-11,14,18,20-21,23-24,32H,8-9,12-13H2,1H3,(H,29,33)/t20-,21-,23+,24-/m1/s1. The average Bonchev–Trinajstić information content (AvgIpc) is 3.51. The van der Waals surface area contributed by atoms with Gasteiger partial charge in [0, 0.05) is 54.7 Å². The second-order valence-electron chi connectivity index (χ2n) is 9.66. The second-order valence-corrected chi connectivity index (χ2v) is 9.66. The number of nitrogens with one attached hydrogen (secondary N) is 1. The molecular weight excluding hydrogens is 430 g/mol. The number of hydrogen-bond donors (Lipinski definition) is 2. The molecule has 3 aromatic rings. The summed E-state index contributed by atoms with van der Waals surface area (Å²) in [5.41, 5.74) is 4.62. The molecule has 2 aromatic heterocycles. The van der Waals surface area contributed by atoms with E-state index in [0.29, 0.717) is 17.7 Å². The number of aliphatic hydroxyl groups is 1. The van der Waals surface area contributed by atoms with Crippen molar-refractivity contribution in [3.05, 3.63) is 82.3 Å². The molecule has 1 amide bonds.